The minimum atomic E-state index is -0.487. The van der Waals surface area contributed by atoms with Crippen molar-refractivity contribution in [2.75, 3.05) is 13.2 Å². The molecular weight excluding hydrogens is 286 g/mol. The van der Waals surface area contributed by atoms with Crippen molar-refractivity contribution < 1.29 is 9.84 Å². The van der Waals surface area contributed by atoms with Crippen molar-refractivity contribution in [2.24, 2.45) is 0 Å². The second-order valence-corrected chi connectivity index (χ2v) is 8.75. The summed E-state index contributed by atoms with van der Waals surface area (Å²) in [7, 11) is 0. The lowest BCUT2D eigenvalue weighted by Gasteiger charge is -2.53. The minimum absolute atomic E-state index is 0.122. The lowest BCUT2D eigenvalue weighted by atomic mass is 9.79. The number of hydrogen-bond donors (Lipinski definition) is 1. The van der Waals surface area contributed by atoms with Crippen molar-refractivity contribution in [1.82, 2.24) is 4.90 Å². The molecule has 2 fully saturated rings. The number of ether oxygens (including phenoxy) is 1. The van der Waals surface area contributed by atoms with Gasteiger partial charge in [0, 0.05) is 17.6 Å². The van der Waals surface area contributed by atoms with Crippen molar-refractivity contribution in [3.05, 3.63) is 0 Å². The number of aliphatic hydroxyl groups excluding tert-OH is 1. The fraction of sp³-hybridized carbons (Fsp3) is 0.900. The molecule has 1 heterocycles. The van der Waals surface area contributed by atoms with Crippen molar-refractivity contribution >= 4 is 0 Å². The number of terminal acetylenes is 1. The molecule has 2 aliphatic rings. The van der Waals surface area contributed by atoms with E-state index in [2.05, 4.69) is 38.5 Å². The summed E-state index contributed by atoms with van der Waals surface area (Å²) in [6, 6.07) is 0. The summed E-state index contributed by atoms with van der Waals surface area (Å²) in [5.41, 5.74) is -0.194. The van der Waals surface area contributed by atoms with Crippen LogP contribution in [-0.4, -0.2) is 45.9 Å². The van der Waals surface area contributed by atoms with Crippen LogP contribution in [0.4, 0.5) is 0 Å². The molecule has 23 heavy (non-hydrogen) atoms. The van der Waals surface area contributed by atoms with Gasteiger partial charge in [0.05, 0.1) is 12.7 Å². The number of nitrogens with zero attached hydrogens (tertiary/aromatic N) is 1. The number of likely N-dealkylation sites (tertiary alicyclic amines) is 1. The second-order valence-electron chi connectivity index (χ2n) is 8.75. The van der Waals surface area contributed by atoms with Gasteiger partial charge < -0.3 is 9.84 Å². The van der Waals surface area contributed by atoms with Crippen LogP contribution in [0, 0.1) is 12.3 Å². The molecule has 0 spiro atoms. The molecule has 1 N–H and O–H groups in total. The van der Waals surface area contributed by atoms with Crippen LogP contribution in [0.25, 0.3) is 0 Å². The summed E-state index contributed by atoms with van der Waals surface area (Å²) < 4.78 is 6.05. The monoisotopic (exact) mass is 321 g/mol. The van der Waals surface area contributed by atoms with E-state index in [1.807, 2.05) is 0 Å². The SMILES string of the molecule is C#CC1(OC[C@H](O)CN2C(C)(C)CCCC2(C)C)CCCCC1. The normalized spacial score (nSPS) is 28.0. The third-order valence-corrected chi connectivity index (χ3v) is 5.91. The number of aliphatic hydroxyl groups is 1. The zero-order valence-electron chi connectivity index (χ0n) is 15.5. The molecule has 0 aromatic carbocycles. The highest BCUT2D eigenvalue weighted by atomic mass is 16.5. The van der Waals surface area contributed by atoms with E-state index in [1.54, 1.807) is 0 Å². The molecule has 1 saturated carbocycles. The maximum atomic E-state index is 10.6. The third kappa shape index (κ3) is 4.50. The van der Waals surface area contributed by atoms with E-state index in [0.717, 1.165) is 25.7 Å². The van der Waals surface area contributed by atoms with Crippen LogP contribution in [0.3, 0.4) is 0 Å². The Morgan fingerprint density at radius 3 is 2.09 bits per heavy atom. The summed E-state index contributed by atoms with van der Waals surface area (Å²) in [5.74, 6) is 2.86. The Hall–Kier alpha value is -0.560. The average molecular weight is 322 g/mol. The molecule has 0 aromatic heterocycles. The van der Waals surface area contributed by atoms with Gasteiger partial charge in [0.2, 0.25) is 0 Å². The standard InChI is InChI=1S/C20H35NO2/c1-6-20(13-8-7-9-14-20)23-16-17(22)15-21-18(2,3)11-10-12-19(21,4)5/h1,17,22H,7-16H2,2-5H3/t17-/m1/s1. The molecule has 0 bridgehead atoms. The van der Waals surface area contributed by atoms with Crippen molar-refractivity contribution in [2.45, 2.75) is 102 Å². The first kappa shape index (κ1) is 18.8. The maximum absolute atomic E-state index is 10.6. The van der Waals surface area contributed by atoms with E-state index in [9.17, 15) is 5.11 Å². The number of piperidine rings is 1. The highest BCUT2D eigenvalue weighted by Crippen LogP contribution is 2.38. The second kappa shape index (κ2) is 7.13. The molecule has 132 valence electrons. The van der Waals surface area contributed by atoms with Gasteiger partial charge in [-0.15, -0.1) is 6.42 Å². The van der Waals surface area contributed by atoms with Gasteiger partial charge in [0.25, 0.3) is 0 Å². The zero-order valence-corrected chi connectivity index (χ0v) is 15.5. The van der Waals surface area contributed by atoms with E-state index in [0.29, 0.717) is 13.2 Å². The zero-order chi connectivity index (χ0) is 17.1. The Morgan fingerprint density at radius 2 is 1.57 bits per heavy atom. The van der Waals surface area contributed by atoms with Crippen LogP contribution in [0.1, 0.15) is 79.1 Å². The van der Waals surface area contributed by atoms with Crippen molar-refractivity contribution in [3.63, 3.8) is 0 Å². The van der Waals surface area contributed by atoms with Crippen LogP contribution >= 0.6 is 0 Å². The van der Waals surface area contributed by atoms with Gasteiger partial charge in [-0.2, -0.15) is 0 Å². The Bertz CT molecular complexity index is 413. The Labute approximate surface area is 142 Å². The number of hydrogen-bond acceptors (Lipinski definition) is 3. The summed E-state index contributed by atoms with van der Waals surface area (Å²) in [6.07, 6.45) is 14.2. The van der Waals surface area contributed by atoms with Gasteiger partial charge in [-0.05, 0) is 72.6 Å². The van der Waals surface area contributed by atoms with Crippen LogP contribution in [0.2, 0.25) is 0 Å². The first-order chi connectivity index (χ1) is 10.7. The van der Waals surface area contributed by atoms with Crippen LogP contribution in [0.15, 0.2) is 0 Å². The summed E-state index contributed by atoms with van der Waals surface area (Å²) in [5, 5.41) is 10.6. The molecule has 0 unspecified atom stereocenters. The Morgan fingerprint density at radius 1 is 1.00 bits per heavy atom. The third-order valence-electron chi connectivity index (χ3n) is 5.91. The minimum Gasteiger partial charge on any atom is -0.389 e. The van der Waals surface area contributed by atoms with E-state index in [-0.39, 0.29) is 11.1 Å². The molecule has 0 radical (unpaired) electrons. The van der Waals surface area contributed by atoms with Gasteiger partial charge in [0.1, 0.15) is 5.60 Å². The highest BCUT2D eigenvalue weighted by Gasteiger charge is 2.42. The summed E-state index contributed by atoms with van der Waals surface area (Å²) >= 11 is 0. The molecule has 0 amide bonds. The first-order valence-corrected chi connectivity index (χ1v) is 9.28. The van der Waals surface area contributed by atoms with E-state index < -0.39 is 11.7 Å². The molecule has 2 rings (SSSR count). The molecule has 3 nitrogen and oxygen atoms in total. The van der Waals surface area contributed by atoms with Crippen LogP contribution in [-0.2, 0) is 4.74 Å². The van der Waals surface area contributed by atoms with Crippen molar-refractivity contribution in [3.8, 4) is 12.3 Å². The number of rotatable bonds is 5. The van der Waals surface area contributed by atoms with Gasteiger partial charge in [-0.3, -0.25) is 4.90 Å². The first-order valence-electron chi connectivity index (χ1n) is 9.28. The molecule has 1 saturated heterocycles. The molecule has 0 aromatic rings. The Balaban J connectivity index is 1.93. The molecule has 3 heteroatoms. The van der Waals surface area contributed by atoms with Gasteiger partial charge in [-0.1, -0.05) is 12.3 Å². The van der Waals surface area contributed by atoms with E-state index >= 15 is 0 Å². The molecule has 1 atom stereocenters. The highest BCUT2D eigenvalue weighted by molar-refractivity contribution is 5.10. The van der Waals surface area contributed by atoms with Gasteiger partial charge in [-0.25, -0.2) is 0 Å². The van der Waals surface area contributed by atoms with Gasteiger partial charge in [0.15, 0.2) is 0 Å². The molecule has 1 aliphatic carbocycles. The fourth-order valence-electron chi connectivity index (χ4n) is 4.51. The summed E-state index contributed by atoms with van der Waals surface area (Å²) in [4.78, 5) is 2.46. The average Bonchev–Trinajstić information content (AvgIpc) is 2.49. The molecule has 1 aliphatic heterocycles. The summed E-state index contributed by atoms with van der Waals surface area (Å²) in [6.45, 7) is 10.1. The molecular formula is C20H35NO2. The van der Waals surface area contributed by atoms with Gasteiger partial charge >= 0.3 is 0 Å². The number of β-amino-alcohol motifs (C(OH)–C–C–N with tert-alkyl or cyclic N) is 1. The van der Waals surface area contributed by atoms with Crippen molar-refractivity contribution in [1.29, 1.82) is 0 Å². The predicted molar refractivity (Wildman–Crippen MR) is 95.3 cm³/mol. The predicted octanol–water partition coefficient (Wildman–Crippen LogP) is 3.74. The van der Waals surface area contributed by atoms with E-state index in [1.165, 1.54) is 25.7 Å². The van der Waals surface area contributed by atoms with Crippen LogP contribution in [0.5, 0.6) is 0 Å². The van der Waals surface area contributed by atoms with Crippen LogP contribution < -0.4 is 0 Å². The maximum Gasteiger partial charge on any atom is 0.128 e. The lowest BCUT2D eigenvalue weighted by molar-refractivity contribution is -0.0979. The fourth-order valence-corrected chi connectivity index (χ4v) is 4.51. The lowest BCUT2D eigenvalue weighted by Crippen LogP contribution is -2.60. The smallest absolute Gasteiger partial charge is 0.128 e. The topological polar surface area (TPSA) is 32.7 Å². The Kier molecular flexibility index (Phi) is 5.82. The largest absolute Gasteiger partial charge is 0.389 e. The van der Waals surface area contributed by atoms with E-state index in [4.69, 9.17) is 11.2 Å². The quantitative estimate of drug-likeness (QED) is 0.783.